The third kappa shape index (κ3) is 5.33. The third-order valence-electron chi connectivity index (χ3n) is 2.48. The van der Waals surface area contributed by atoms with Crippen molar-refractivity contribution in [2.75, 3.05) is 6.54 Å². The number of hydrogen-bond donors (Lipinski definition) is 2. The molecular weight excluding hydrogens is 232 g/mol. The smallest absolute Gasteiger partial charge is 0.217 e. The molecule has 0 unspecified atom stereocenters. The molecular formula is C13H22N2OS. The lowest BCUT2D eigenvalue weighted by Crippen LogP contribution is -2.17. The minimum Gasteiger partial charge on any atom is -0.370 e. The number of amides is 1. The van der Waals surface area contributed by atoms with Gasteiger partial charge in [0.15, 0.2) is 0 Å². The first-order valence-electron chi connectivity index (χ1n) is 5.98. The zero-order valence-corrected chi connectivity index (χ0v) is 11.7. The van der Waals surface area contributed by atoms with Crippen LogP contribution in [-0.2, 0) is 16.8 Å². The Hall–Kier alpha value is -0.870. The van der Waals surface area contributed by atoms with Crippen molar-refractivity contribution < 1.29 is 4.79 Å². The topological polar surface area (TPSA) is 55.1 Å². The molecule has 1 aromatic rings. The Balaban J connectivity index is 2.28. The molecule has 0 spiro atoms. The van der Waals surface area contributed by atoms with E-state index in [1.807, 2.05) is 11.3 Å². The second kappa shape index (κ2) is 6.17. The number of primary amides is 1. The van der Waals surface area contributed by atoms with Crippen LogP contribution in [0.4, 0.5) is 0 Å². The SMILES string of the molecule is CC(C)(C)c1ccc(CNCCCC(N)=O)s1. The Kier molecular flexibility index (Phi) is 5.15. The quantitative estimate of drug-likeness (QED) is 0.766. The van der Waals surface area contributed by atoms with Crippen LogP contribution in [0.15, 0.2) is 12.1 Å². The van der Waals surface area contributed by atoms with E-state index in [2.05, 4.69) is 38.2 Å². The maximum atomic E-state index is 10.5. The molecule has 0 saturated carbocycles. The summed E-state index contributed by atoms with van der Waals surface area (Å²) in [6.45, 7) is 8.39. The van der Waals surface area contributed by atoms with Crippen molar-refractivity contribution in [2.24, 2.45) is 5.73 Å². The molecule has 0 aliphatic carbocycles. The van der Waals surface area contributed by atoms with Crippen molar-refractivity contribution in [3.05, 3.63) is 21.9 Å². The predicted molar refractivity (Wildman–Crippen MR) is 73.2 cm³/mol. The number of carbonyl (C=O) groups is 1. The van der Waals surface area contributed by atoms with Crippen molar-refractivity contribution in [1.29, 1.82) is 0 Å². The molecule has 1 aromatic heterocycles. The average Bonchev–Trinajstić information content (AvgIpc) is 2.64. The molecule has 96 valence electrons. The minimum atomic E-state index is -0.224. The molecule has 1 heterocycles. The van der Waals surface area contributed by atoms with Crippen molar-refractivity contribution in [2.45, 2.75) is 45.6 Å². The zero-order valence-electron chi connectivity index (χ0n) is 10.9. The van der Waals surface area contributed by atoms with Crippen LogP contribution < -0.4 is 11.1 Å². The fraction of sp³-hybridized carbons (Fsp3) is 0.615. The number of nitrogens with two attached hydrogens (primary N) is 1. The van der Waals surface area contributed by atoms with Gasteiger partial charge in [-0.05, 0) is 30.5 Å². The first-order valence-corrected chi connectivity index (χ1v) is 6.79. The van der Waals surface area contributed by atoms with E-state index in [0.717, 1.165) is 19.5 Å². The molecule has 0 aliphatic heterocycles. The van der Waals surface area contributed by atoms with Gasteiger partial charge in [0, 0.05) is 22.7 Å². The molecule has 0 aliphatic rings. The van der Waals surface area contributed by atoms with Crippen LogP contribution in [0.25, 0.3) is 0 Å². The van der Waals surface area contributed by atoms with Crippen LogP contribution in [0.5, 0.6) is 0 Å². The van der Waals surface area contributed by atoms with Crippen LogP contribution >= 0.6 is 11.3 Å². The summed E-state index contributed by atoms with van der Waals surface area (Å²) in [6, 6.07) is 4.37. The summed E-state index contributed by atoms with van der Waals surface area (Å²) >= 11 is 1.85. The van der Waals surface area contributed by atoms with Crippen LogP contribution in [0.2, 0.25) is 0 Å². The highest BCUT2D eigenvalue weighted by atomic mass is 32.1. The van der Waals surface area contributed by atoms with Gasteiger partial charge in [0.05, 0.1) is 0 Å². The second-order valence-corrected chi connectivity index (χ2v) is 6.43. The Morgan fingerprint density at radius 3 is 2.65 bits per heavy atom. The molecule has 0 fully saturated rings. The largest absolute Gasteiger partial charge is 0.370 e. The van der Waals surface area contributed by atoms with Crippen LogP contribution in [0, 0.1) is 0 Å². The summed E-state index contributed by atoms with van der Waals surface area (Å²) in [5, 5.41) is 3.32. The van der Waals surface area contributed by atoms with E-state index in [-0.39, 0.29) is 11.3 Å². The third-order valence-corrected chi connectivity index (χ3v) is 3.99. The van der Waals surface area contributed by atoms with E-state index in [4.69, 9.17) is 5.73 Å². The Morgan fingerprint density at radius 2 is 2.12 bits per heavy atom. The first kappa shape index (κ1) is 14.2. The van der Waals surface area contributed by atoms with Crippen LogP contribution in [0.1, 0.15) is 43.4 Å². The summed E-state index contributed by atoms with van der Waals surface area (Å²) in [4.78, 5) is 13.3. The van der Waals surface area contributed by atoms with E-state index in [9.17, 15) is 4.79 Å². The fourth-order valence-corrected chi connectivity index (χ4v) is 2.51. The molecule has 3 N–H and O–H groups in total. The summed E-state index contributed by atoms with van der Waals surface area (Å²) in [7, 11) is 0. The highest BCUT2D eigenvalue weighted by molar-refractivity contribution is 7.12. The Morgan fingerprint density at radius 1 is 1.41 bits per heavy atom. The minimum absolute atomic E-state index is 0.224. The van der Waals surface area contributed by atoms with Gasteiger partial charge in [-0.1, -0.05) is 20.8 Å². The van der Waals surface area contributed by atoms with Gasteiger partial charge in [-0.2, -0.15) is 0 Å². The van der Waals surface area contributed by atoms with Crippen molar-refractivity contribution >= 4 is 17.2 Å². The van der Waals surface area contributed by atoms with E-state index < -0.39 is 0 Å². The Bertz CT molecular complexity index is 366. The summed E-state index contributed by atoms with van der Waals surface area (Å²) in [5.41, 5.74) is 5.30. The van der Waals surface area contributed by atoms with E-state index in [0.29, 0.717) is 6.42 Å². The van der Waals surface area contributed by atoms with Gasteiger partial charge < -0.3 is 11.1 Å². The number of rotatable bonds is 6. The molecule has 17 heavy (non-hydrogen) atoms. The maximum Gasteiger partial charge on any atom is 0.217 e. The number of thiophene rings is 1. The van der Waals surface area contributed by atoms with Crippen LogP contribution in [-0.4, -0.2) is 12.5 Å². The van der Waals surface area contributed by atoms with Crippen molar-refractivity contribution in [1.82, 2.24) is 5.32 Å². The van der Waals surface area contributed by atoms with Gasteiger partial charge in [-0.3, -0.25) is 4.79 Å². The first-order chi connectivity index (χ1) is 7.89. The Labute approximate surface area is 107 Å². The monoisotopic (exact) mass is 254 g/mol. The van der Waals surface area contributed by atoms with Crippen molar-refractivity contribution in [3.63, 3.8) is 0 Å². The maximum absolute atomic E-state index is 10.5. The molecule has 0 aromatic carbocycles. The van der Waals surface area contributed by atoms with E-state index in [1.165, 1.54) is 9.75 Å². The highest BCUT2D eigenvalue weighted by Gasteiger charge is 2.15. The summed E-state index contributed by atoms with van der Waals surface area (Å²) in [6.07, 6.45) is 1.28. The number of hydrogen-bond acceptors (Lipinski definition) is 3. The average molecular weight is 254 g/mol. The molecule has 1 rings (SSSR count). The fourth-order valence-electron chi connectivity index (χ4n) is 1.48. The van der Waals surface area contributed by atoms with Gasteiger partial charge in [0.2, 0.25) is 5.91 Å². The molecule has 0 saturated heterocycles. The molecule has 4 heteroatoms. The molecule has 0 bridgehead atoms. The molecule has 0 radical (unpaired) electrons. The number of carbonyl (C=O) groups excluding carboxylic acids is 1. The summed E-state index contributed by atoms with van der Waals surface area (Å²) in [5.74, 6) is -0.224. The van der Waals surface area contributed by atoms with Gasteiger partial charge in [0.25, 0.3) is 0 Å². The predicted octanol–water partition coefficient (Wildman–Crippen LogP) is 2.40. The number of nitrogens with one attached hydrogen (secondary N) is 1. The normalized spacial score (nSPS) is 11.7. The van der Waals surface area contributed by atoms with Crippen LogP contribution in [0.3, 0.4) is 0 Å². The van der Waals surface area contributed by atoms with Gasteiger partial charge >= 0.3 is 0 Å². The summed E-state index contributed by atoms with van der Waals surface area (Å²) < 4.78 is 0. The van der Waals surface area contributed by atoms with Gasteiger partial charge in [-0.25, -0.2) is 0 Å². The lowest BCUT2D eigenvalue weighted by atomic mass is 9.95. The highest BCUT2D eigenvalue weighted by Crippen LogP contribution is 2.29. The molecule has 1 amide bonds. The van der Waals surface area contributed by atoms with Crippen molar-refractivity contribution in [3.8, 4) is 0 Å². The lowest BCUT2D eigenvalue weighted by Gasteiger charge is -2.15. The molecule has 0 atom stereocenters. The second-order valence-electron chi connectivity index (χ2n) is 5.26. The van der Waals surface area contributed by atoms with E-state index >= 15 is 0 Å². The van der Waals surface area contributed by atoms with E-state index in [1.54, 1.807) is 0 Å². The zero-order chi connectivity index (χ0) is 12.9. The molecule has 3 nitrogen and oxygen atoms in total. The standard InChI is InChI=1S/C13H22N2OS/c1-13(2,3)11-7-6-10(17-11)9-15-8-4-5-12(14)16/h6-7,15H,4-5,8-9H2,1-3H3,(H2,14,16). The van der Waals surface area contributed by atoms with Gasteiger partial charge in [-0.15, -0.1) is 11.3 Å². The van der Waals surface area contributed by atoms with Gasteiger partial charge in [0.1, 0.15) is 0 Å². The lowest BCUT2D eigenvalue weighted by molar-refractivity contribution is -0.118.